The molecule has 0 spiro atoms. The summed E-state index contributed by atoms with van der Waals surface area (Å²) in [5.74, 6) is -0.165. The van der Waals surface area contributed by atoms with Gasteiger partial charge in [0.15, 0.2) is 9.84 Å². The van der Waals surface area contributed by atoms with Crippen LogP contribution in [0.4, 0.5) is 0 Å². The molecule has 5 rings (SSSR count). The number of benzene rings is 2. The van der Waals surface area contributed by atoms with Crippen LogP contribution in [0.25, 0.3) is 33.2 Å². The highest BCUT2D eigenvalue weighted by Crippen LogP contribution is 2.38. The predicted molar refractivity (Wildman–Crippen MR) is 161 cm³/mol. The van der Waals surface area contributed by atoms with Gasteiger partial charge >= 0.3 is 0 Å². The Labute approximate surface area is 241 Å². The number of halogens is 1. The molecule has 0 N–H and O–H groups in total. The first-order valence-corrected chi connectivity index (χ1v) is 16.3. The molecule has 0 fully saturated rings. The largest absolute Gasteiger partial charge is 0.318 e. The maximum absolute atomic E-state index is 13.7. The minimum absolute atomic E-state index is 0.0353. The normalized spacial score (nSPS) is 12.2. The van der Waals surface area contributed by atoms with Crippen molar-refractivity contribution in [3.63, 3.8) is 0 Å². The third kappa shape index (κ3) is 5.28. The first kappa shape index (κ1) is 28.6. The van der Waals surface area contributed by atoms with Crippen LogP contribution in [0.1, 0.15) is 11.1 Å². The van der Waals surface area contributed by atoms with Crippen LogP contribution in [0.5, 0.6) is 0 Å². The number of pyridine rings is 2. The van der Waals surface area contributed by atoms with Gasteiger partial charge in [-0.05, 0) is 41.8 Å². The zero-order valence-corrected chi connectivity index (χ0v) is 25.0. The molecule has 41 heavy (non-hydrogen) atoms. The maximum Gasteiger partial charge on any atom is 0.275 e. The Hall–Kier alpha value is -3.93. The van der Waals surface area contributed by atoms with Crippen LogP contribution in [0.2, 0.25) is 5.15 Å². The van der Waals surface area contributed by atoms with E-state index in [1.807, 2.05) is 6.92 Å². The lowest BCUT2D eigenvalue weighted by atomic mass is 9.94. The summed E-state index contributed by atoms with van der Waals surface area (Å²) in [5, 5.41) is 0.0567. The summed E-state index contributed by atoms with van der Waals surface area (Å²) >= 11 is 6.53. The van der Waals surface area contributed by atoms with Crippen molar-refractivity contribution in [1.29, 1.82) is 0 Å². The molecule has 3 heterocycles. The van der Waals surface area contributed by atoms with Gasteiger partial charge in [0.1, 0.15) is 10.7 Å². The number of sulfone groups is 1. The summed E-state index contributed by atoms with van der Waals surface area (Å²) in [4.78, 5) is 26.3. The second kappa shape index (κ2) is 10.2. The minimum Gasteiger partial charge on any atom is -0.318 e. The number of aryl methyl sites for hydroxylation is 3. The van der Waals surface area contributed by atoms with Crippen LogP contribution in [0.3, 0.4) is 0 Å². The summed E-state index contributed by atoms with van der Waals surface area (Å²) in [7, 11) is -4.48. The molecule has 0 unspecified atom stereocenters. The van der Waals surface area contributed by atoms with Crippen LogP contribution < -0.4 is 11.1 Å². The van der Waals surface area contributed by atoms with E-state index < -0.39 is 25.4 Å². The number of nitrogens with zero attached hydrogens (tertiary/aromatic N) is 3. The Morgan fingerprint density at radius 2 is 1.46 bits per heavy atom. The van der Waals surface area contributed by atoms with Crippen molar-refractivity contribution in [2.75, 3.05) is 6.26 Å². The quantitative estimate of drug-likeness (QED) is 0.285. The first-order chi connectivity index (χ1) is 19.2. The summed E-state index contributed by atoms with van der Waals surface area (Å²) in [6.07, 6.45) is 4.30. The van der Waals surface area contributed by atoms with Gasteiger partial charge in [-0.2, -0.15) is 0 Å². The molecule has 0 atom stereocenters. The lowest BCUT2D eigenvalue weighted by Gasteiger charge is -2.15. The van der Waals surface area contributed by atoms with Crippen molar-refractivity contribution in [2.45, 2.75) is 17.6 Å². The highest BCUT2D eigenvalue weighted by Gasteiger charge is 2.27. The van der Waals surface area contributed by atoms with Crippen molar-refractivity contribution in [2.24, 2.45) is 14.1 Å². The smallest absolute Gasteiger partial charge is 0.275 e. The van der Waals surface area contributed by atoms with E-state index in [4.69, 9.17) is 11.6 Å². The molecule has 0 saturated carbocycles. The highest BCUT2D eigenvalue weighted by molar-refractivity contribution is 7.90. The number of hydrogen-bond donors (Lipinski definition) is 0. The summed E-state index contributed by atoms with van der Waals surface area (Å²) in [6, 6.07) is 15.9. The van der Waals surface area contributed by atoms with Crippen LogP contribution in [-0.4, -0.2) is 36.2 Å². The molecule has 0 aliphatic rings. The third-order valence-electron chi connectivity index (χ3n) is 6.80. The number of aromatic nitrogens is 3. The lowest BCUT2D eigenvalue weighted by molar-refractivity contribution is 0.588. The van der Waals surface area contributed by atoms with Crippen molar-refractivity contribution >= 4 is 42.4 Å². The average molecular weight is 612 g/mol. The molecule has 2 aromatic carbocycles. The van der Waals surface area contributed by atoms with Crippen molar-refractivity contribution in [1.82, 2.24) is 13.1 Å². The fourth-order valence-corrected chi connectivity index (χ4v) is 7.48. The fourth-order valence-electron chi connectivity index (χ4n) is 4.84. The summed E-state index contributed by atoms with van der Waals surface area (Å²) < 4.78 is 54.8. The Bertz CT molecular complexity index is 2190. The van der Waals surface area contributed by atoms with Crippen LogP contribution in [0.15, 0.2) is 87.5 Å². The summed E-state index contributed by atoms with van der Waals surface area (Å²) in [5.41, 5.74) is 2.38. The lowest BCUT2D eigenvalue weighted by Crippen LogP contribution is -2.23. The molecule has 0 saturated heterocycles. The van der Waals surface area contributed by atoms with E-state index in [1.54, 1.807) is 49.6 Å². The Morgan fingerprint density at radius 1 is 0.805 bits per heavy atom. The zero-order valence-electron chi connectivity index (χ0n) is 22.6. The molecule has 5 aromatic rings. The maximum atomic E-state index is 13.7. The van der Waals surface area contributed by atoms with Crippen LogP contribution >= 0.6 is 11.6 Å². The summed E-state index contributed by atoms with van der Waals surface area (Å²) in [6.45, 7) is 1.83. The van der Waals surface area contributed by atoms with Gasteiger partial charge < -0.3 is 9.13 Å². The zero-order chi connectivity index (χ0) is 29.9. The van der Waals surface area contributed by atoms with E-state index in [0.29, 0.717) is 27.8 Å². The molecule has 0 aliphatic heterocycles. The molecular weight excluding hydrogens is 586 g/mol. The molecule has 212 valence electrons. The van der Waals surface area contributed by atoms with Gasteiger partial charge in [0.2, 0.25) is 0 Å². The third-order valence-corrected chi connectivity index (χ3v) is 9.76. The molecule has 0 bridgehead atoms. The Balaban J connectivity index is 1.83. The van der Waals surface area contributed by atoms with Gasteiger partial charge in [0.05, 0.1) is 10.6 Å². The second-order valence-corrected chi connectivity index (χ2v) is 14.4. The minimum atomic E-state index is -4.26. The van der Waals surface area contributed by atoms with Crippen molar-refractivity contribution in [3.8, 4) is 22.3 Å². The van der Waals surface area contributed by atoms with Gasteiger partial charge in [-0.3, -0.25) is 9.59 Å². The monoisotopic (exact) mass is 611 g/mol. The predicted octanol–water partition coefficient (Wildman–Crippen LogP) is 4.12. The van der Waals surface area contributed by atoms with E-state index in [0.717, 1.165) is 15.8 Å². The fraction of sp³-hybridized carbons (Fsp3) is 0.172. The van der Waals surface area contributed by atoms with Crippen LogP contribution in [0, 0.1) is 6.92 Å². The van der Waals surface area contributed by atoms with Crippen molar-refractivity contribution in [3.05, 3.63) is 110 Å². The van der Waals surface area contributed by atoms with E-state index >= 15 is 0 Å². The Kier molecular flexibility index (Phi) is 7.09. The molecule has 3 aromatic heterocycles. The van der Waals surface area contributed by atoms with Gasteiger partial charge in [0, 0.05) is 55.3 Å². The average Bonchev–Trinajstić information content (AvgIpc) is 3.25. The highest BCUT2D eigenvalue weighted by atomic mass is 35.5. The number of rotatable bonds is 6. The van der Waals surface area contributed by atoms with Crippen molar-refractivity contribution < 1.29 is 16.8 Å². The van der Waals surface area contributed by atoms with E-state index in [-0.39, 0.29) is 32.3 Å². The molecule has 0 aliphatic carbocycles. The number of fused-ring (bicyclic) bond motifs is 1. The van der Waals surface area contributed by atoms with Gasteiger partial charge in [-0.25, -0.2) is 20.8 Å². The SMILES string of the molecule is Cc1ccc(S(=O)(=O)n2c(Cl)cc3c(-c4cc(=O)n(C)cc4-c4cccc(CS(C)(=O)=O)c4)cn(C)c(=O)c32)cc1. The Morgan fingerprint density at radius 3 is 2.12 bits per heavy atom. The van der Waals surface area contributed by atoms with E-state index in [2.05, 4.69) is 0 Å². The molecule has 9 nitrogen and oxygen atoms in total. The van der Waals surface area contributed by atoms with Gasteiger partial charge in [-0.1, -0.05) is 53.6 Å². The molecule has 12 heteroatoms. The van der Waals surface area contributed by atoms with Gasteiger partial charge in [-0.15, -0.1) is 0 Å². The second-order valence-electron chi connectivity index (χ2n) is 10.1. The number of hydrogen-bond acceptors (Lipinski definition) is 6. The first-order valence-electron chi connectivity index (χ1n) is 12.4. The molecule has 0 radical (unpaired) electrons. The topological polar surface area (TPSA) is 117 Å². The van der Waals surface area contributed by atoms with Gasteiger partial charge in [0.25, 0.3) is 21.1 Å². The molecule has 0 amide bonds. The molecular formula is C29H26ClN3O6S2. The standard InChI is InChI=1S/C29H26ClN3O6S2/c1-18-8-10-21(11-9-18)41(38,39)33-26(30)13-23-25(16-32(3)29(35)28(23)33)22-14-27(34)31(2)15-24(22)20-7-5-6-19(12-20)17-40(4,36)37/h5-16H,17H2,1-4H3. The van der Waals surface area contributed by atoms with Crippen LogP contribution in [-0.2, 0) is 39.7 Å². The van der Waals surface area contributed by atoms with E-state index in [9.17, 15) is 26.4 Å². The van der Waals surface area contributed by atoms with E-state index in [1.165, 1.54) is 46.6 Å².